The first kappa shape index (κ1) is 9.84. The lowest BCUT2D eigenvalue weighted by Crippen LogP contribution is -2.25. The molecule has 2 aromatic rings. The summed E-state index contributed by atoms with van der Waals surface area (Å²) in [5.74, 6) is 0. The summed E-state index contributed by atoms with van der Waals surface area (Å²) in [6, 6.07) is 15.0. The van der Waals surface area contributed by atoms with Gasteiger partial charge in [0.2, 0.25) is 0 Å². The van der Waals surface area contributed by atoms with Crippen molar-refractivity contribution in [3.8, 4) is 0 Å². The van der Waals surface area contributed by atoms with Crippen LogP contribution in [0.3, 0.4) is 0 Å². The molecular formula is C13H16N2. The molecule has 2 heteroatoms. The van der Waals surface area contributed by atoms with Crippen molar-refractivity contribution in [3.05, 3.63) is 60.4 Å². The van der Waals surface area contributed by atoms with Crippen molar-refractivity contribution in [3.63, 3.8) is 0 Å². The van der Waals surface area contributed by atoms with Gasteiger partial charge in [-0.05, 0) is 31.0 Å². The van der Waals surface area contributed by atoms with E-state index in [9.17, 15) is 0 Å². The molecule has 0 aliphatic carbocycles. The second-order valence-electron chi connectivity index (χ2n) is 3.81. The zero-order chi connectivity index (χ0) is 10.5. The highest BCUT2D eigenvalue weighted by molar-refractivity contribution is 5.16. The van der Waals surface area contributed by atoms with E-state index in [0.717, 1.165) is 6.42 Å². The number of nitrogens with zero attached hydrogens (tertiary/aromatic N) is 1. The Morgan fingerprint density at radius 2 is 1.73 bits per heavy atom. The molecular weight excluding hydrogens is 184 g/mol. The Labute approximate surface area is 90.5 Å². The summed E-state index contributed by atoms with van der Waals surface area (Å²) in [4.78, 5) is 0. The molecule has 0 amide bonds. The number of aromatic nitrogens is 1. The van der Waals surface area contributed by atoms with E-state index in [0.29, 0.717) is 6.04 Å². The molecule has 0 bridgehead atoms. The largest absolute Gasteiger partial charge is 0.323 e. The smallest absolute Gasteiger partial charge is 0.0436 e. The van der Waals surface area contributed by atoms with Crippen LogP contribution in [0.1, 0.15) is 12.5 Å². The Balaban J connectivity index is 1.90. The highest BCUT2D eigenvalue weighted by Crippen LogP contribution is 2.03. The summed E-state index contributed by atoms with van der Waals surface area (Å²) in [7, 11) is 0. The van der Waals surface area contributed by atoms with E-state index < -0.39 is 0 Å². The zero-order valence-electron chi connectivity index (χ0n) is 8.93. The summed E-state index contributed by atoms with van der Waals surface area (Å²) >= 11 is 0. The Morgan fingerprint density at radius 3 is 2.40 bits per heavy atom. The maximum absolute atomic E-state index is 3.39. The van der Waals surface area contributed by atoms with Gasteiger partial charge in [0.15, 0.2) is 0 Å². The van der Waals surface area contributed by atoms with Crippen LogP contribution in [0.5, 0.6) is 0 Å². The van der Waals surface area contributed by atoms with E-state index in [2.05, 4.69) is 36.6 Å². The number of hydrogen-bond acceptors (Lipinski definition) is 1. The van der Waals surface area contributed by atoms with E-state index in [1.54, 1.807) is 0 Å². The van der Waals surface area contributed by atoms with Gasteiger partial charge in [0.1, 0.15) is 0 Å². The maximum atomic E-state index is 3.39. The fraction of sp³-hybridized carbons (Fsp3) is 0.231. The van der Waals surface area contributed by atoms with Crippen LogP contribution >= 0.6 is 0 Å². The number of rotatable bonds is 4. The Morgan fingerprint density at radius 1 is 1.07 bits per heavy atom. The van der Waals surface area contributed by atoms with Gasteiger partial charge in [0.05, 0.1) is 0 Å². The van der Waals surface area contributed by atoms with Gasteiger partial charge in [-0.25, -0.2) is 0 Å². The Hall–Kier alpha value is -1.70. The third-order valence-corrected chi connectivity index (χ3v) is 2.36. The SMILES string of the molecule is CC(Cc1ccccc1)Nn1cccc1. The van der Waals surface area contributed by atoms with Crippen molar-refractivity contribution >= 4 is 0 Å². The first-order chi connectivity index (χ1) is 7.34. The average molecular weight is 200 g/mol. The lowest BCUT2D eigenvalue weighted by atomic mass is 10.1. The summed E-state index contributed by atoms with van der Waals surface area (Å²) in [6.07, 6.45) is 5.07. The van der Waals surface area contributed by atoms with Crippen molar-refractivity contribution < 1.29 is 0 Å². The van der Waals surface area contributed by atoms with Crippen LogP contribution in [0, 0.1) is 0 Å². The molecule has 0 aliphatic heterocycles. The average Bonchev–Trinajstić information content (AvgIpc) is 2.71. The fourth-order valence-corrected chi connectivity index (χ4v) is 1.69. The molecule has 0 aliphatic rings. The van der Waals surface area contributed by atoms with Gasteiger partial charge < -0.3 is 5.43 Å². The van der Waals surface area contributed by atoms with Gasteiger partial charge in [0, 0.05) is 18.4 Å². The van der Waals surface area contributed by atoms with Crippen LogP contribution in [0.4, 0.5) is 0 Å². The first-order valence-electron chi connectivity index (χ1n) is 5.28. The molecule has 0 spiro atoms. The molecule has 15 heavy (non-hydrogen) atoms. The summed E-state index contributed by atoms with van der Waals surface area (Å²) in [5.41, 5.74) is 4.75. The number of nitrogens with one attached hydrogen (secondary N) is 1. The first-order valence-corrected chi connectivity index (χ1v) is 5.28. The predicted octanol–water partition coefficient (Wildman–Crippen LogP) is 2.66. The normalized spacial score (nSPS) is 12.3. The summed E-state index contributed by atoms with van der Waals surface area (Å²) < 4.78 is 1.99. The van der Waals surface area contributed by atoms with Crippen LogP contribution in [-0.4, -0.2) is 10.7 Å². The Bertz CT molecular complexity index is 378. The van der Waals surface area contributed by atoms with Gasteiger partial charge >= 0.3 is 0 Å². The van der Waals surface area contributed by atoms with E-state index >= 15 is 0 Å². The standard InChI is InChI=1S/C13H16N2/c1-12(14-15-9-5-6-10-15)11-13-7-3-2-4-8-13/h2-10,12,14H,11H2,1H3. The van der Waals surface area contributed by atoms with E-state index in [1.165, 1.54) is 5.56 Å². The summed E-state index contributed by atoms with van der Waals surface area (Å²) in [6.45, 7) is 2.19. The number of benzene rings is 1. The Kier molecular flexibility index (Phi) is 3.08. The maximum Gasteiger partial charge on any atom is 0.0436 e. The van der Waals surface area contributed by atoms with Crippen LogP contribution < -0.4 is 5.43 Å². The quantitative estimate of drug-likeness (QED) is 0.803. The van der Waals surface area contributed by atoms with Crippen LogP contribution in [0.25, 0.3) is 0 Å². The third-order valence-electron chi connectivity index (χ3n) is 2.36. The molecule has 1 aromatic carbocycles. The topological polar surface area (TPSA) is 17.0 Å². The van der Waals surface area contributed by atoms with Crippen molar-refractivity contribution in [2.75, 3.05) is 5.43 Å². The zero-order valence-corrected chi connectivity index (χ0v) is 8.93. The van der Waals surface area contributed by atoms with Crippen LogP contribution in [0.2, 0.25) is 0 Å². The van der Waals surface area contributed by atoms with Gasteiger partial charge in [-0.2, -0.15) is 0 Å². The molecule has 0 saturated heterocycles. The highest BCUT2D eigenvalue weighted by Gasteiger charge is 2.01. The second-order valence-corrected chi connectivity index (χ2v) is 3.81. The fourth-order valence-electron chi connectivity index (χ4n) is 1.69. The molecule has 1 N–H and O–H groups in total. The predicted molar refractivity (Wildman–Crippen MR) is 63.4 cm³/mol. The molecule has 0 fully saturated rings. The molecule has 1 heterocycles. The van der Waals surface area contributed by atoms with Crippen LogP contribution in [-0.2, 0) is 6.42 Å². The molecule has 1 atom stereocenters. The lowest BCUT2D eigenvalue weighted by molar-refractivity contribution is 0.682. The molecule has 78 valence electrons. The molecule has 2 rings (SSSR count). The van der Waals surface area contributed by atoms with Gasteiger partial charge in [0.25, 0.3) is 0 Å². The van der Waals surface area contributed by atoms with E-state index in [4.69, 9.17) is 0 Å². The minimum absolute atomic E-state index is 0.430. The van der Waals surface area contributed by atoms with Gasteiger partial charge in [-0.15, -0.1) is 0 Å². The molecule has 0 saturated carbocycles. The monoisotopic (exact) mass is 200 g/mol. The third kappa shape index (κ3) is 2.88. The second kappa shape index (κ2) is 4.69. The molecule has 2 nitrogen and oxygen atoms in total. The van der Waals surface area contributed by atoms with Crippen LogP contribution in [0.15, 0.2) is 54.9 Å². The van der Waals surface area contributed by atoms with E-state index in [1.807, 2.05) is 35.3 Å². The van der Waals surface area contributed by atoms with Crippen molar-refractivity contribution in [2.24, 2.45) is 0 Å². The van der Waals surface area contributed by atoms with Crippen molar-refractivity contribution in [1.29, 1.82) is 0 Å². The van der Waals surface area contributed by atoms with Gasteiger partial charge in [-0.3, -0.25) is 4.68 Å². The molecule has 0 radical (unpaired) electrons. The van der Waals surface area contributed by atoms with E-state index in [-0.39, 0.29) is 0 Å². The minimum atomic E-state index is 0.430. The van der Waals surface area contributed by atoms with Crippen molar-refractivity contribution in [2.45, 2.75) is 19.4 Å². The summed E-state index contributed by atoms with van der Waals surface area (Å²) in [5, 5.41) is 0. The molecule has 1 aromatic heterocycles. The minimum Gasteiger partial charge on any atom is -0.323 e. The number of hydrogen-bond donors (Lipinski definition) is 1. The lowest BCUT2D eigenvalue weighted by Gasteiger charge is -2.15. The van der Waals surface area contributed by atoms with Crippen molar-refractivity contribution in [1.82, 2.24) is 4.68 Å². The van der Waals surface area contributed by atoms with Gasteiger partial charge in [-0.1, -0.05) is 30.3 Å². The highest BCUT2D eigenvalue weighted by atomic mass is 15.4. The molecule has 1 unspecified atom stereocenters.